The average Bonchev–Trinajstić information content (AvgIpc) is 2.70. The van der Waals surface area contributed by atoms with E-state index in [1.54, 1.807) is 0 Å². The quantitative estimate of drug-likeness (QED) is 0.769. The van der Waals surface area contributed by atoms with Gasteiger partial charge in [-0.2, -0.15) is 0 Å². The molecule has 0 aromatic rings. The zero-order valence-electron chi connectivity index (χ0n) is 10.4. The highest BCUT2D eigenvalue weighted by Gasteiger charge is 2.38. The van der Waals surface area contributed by atoms with Gasteiger partial charge in [-0.1, -0.05) is 32.0 Å². The molecule has 2 N–H and O–H groups in total. The molecular weight excluding hydrogens is 216 g/mol. The number of likely N-dealkylation sites (tertiary alicyclic amines) is 1. The van der Waals surface area contributed by atoms with E-state index in [1.807, 2.05) is 0 Å². The van der Waals surface area contributed by atoms with E-state index in [0.29, 0.717) is 16.4 Å². The molecule has 0 amide bonds. The van der Waals surface area contributed by atoms with E-state index in [4.69, 9.17) is 18.0 Å². The smallest absolute Gasteiger partial charge is 0.0901 e. The normalized spacial score (nSPS) is 27.1. The standard InChI is InChI=1S/C13H24N2S/c1-2-11(12(14)16)15-9-7-13(8-10-15)5-3-4-6-13/h11H,2-10H2,1H3,(H2,14,16). The lowest BCUT2D eigenvalue weighted by atomic mass is 9.77. The second-order valence-electron chi connectivity index (χ2n) is 5.57. The first kappa shape index (κ1) is 12.3. The maximum absolute atomic E-state index is 5.81. The lowest BCUT2D eigenvalue weighted by Gasteiger charge is -2.42. The number of nitrogens with two attached hydrogens (primary N) is 1. The summed E-state index contributed by atoms with van der Waals surface area (Å²) in [4.78, 5) is 3.19. The Balaban J connectivity index is 1.91. The summed E-state index contributed by atoms with van der Waals surface area (Å²) >= 11 is 5.16. The average molecular weight is 240 g/mol. The van der Waals surface area contributed by atoms with Crippen molar-refractivity contribution in [3.63, 3.8) is 0 Å². The van der Waals surface area contributed by atoms with Crippen LogP contribution in [0.5, 0.6) is 0 Å². The van der Waals surface area contributed by atoms with Crippen molar-refractivity contribution in [2.75, 3.05) is 13.1 Å². The van der Waals surface area contributed by atoms with E-state index < -0.39 is 0 Å². The largest absolute Gasteiger partial charge is 0.392 e. The van der Waals surface area contributed by atoms with E-state index in [0.717, 1.165) is 6.42 Å². The topological polar surface area (TPSA) is 29.3 Å². The molecule has 0 aromatic heterocycles. The lowest BCUT2D eigenvalue weighted by molar-refractivity contribution is 0.0942. The zero-order chi connectivity index (χ0) is 11.6. The predicted molar refractivity (Wildman–Crippen MR) is 72.6 cm³/mol. The van der Waals surface area contributed by atoms with Crippen LogP contribution in [0, 0.1) is 5.41 Å². The van der Waals surface area contributed by atoms with Crippen LogP contribution in [-0.2, 0) is 0 Å². The van der Waals surface area contributed by atoms with Gasteiger partial charge in [-0.15, -0.1) is 0 Å². The van der Waals surface area contributed by atoms with Gasteiger partial charge in [-0.25, -0.2) is 0 Å². The van der Waals surface area contributed by atoms with Crippen molar-refractivity contribution in [2.24, 2.45) is 11.1 Å². The number of hydrogen-bond acceptors (Lipinski definition) is 2. The minimum absolute atomic E-state index is 0.341. The van der Waals surface area contributed by atoms with E-state index >= 15 is 0 Å². The van der Waals surface area contributed by atoms with Gasteiger partial charge in [-0.3, -0.25) is 4.90 Å². The van der Waals surface area contributed by atoms with Crippen molar-refractivity contribution < 1.29 is 0 Å². The summed E-state index contributed by atoms with van der Waals surface area (Å²) in [5.41, 5.74) is 6.51. The molecule has 1 saturated carbocycles. The molecule has 2 aliphatic rings. The van der Waals surface area contributed by atoms with Gasteiger partial charge in [0.05, 0.1) is 11.0 Å². The molecule has 1 spiro atoms. The van der Waals surface area contributed by atoms with Gasteiger partial charge >= 0.3 is 0 Å². The molecule has 1 unspecified atom stereocenters. The van der Waals surface area contributed by atoms with Crippen LogP contribution in [0.3, 0.4) is 0 Å². The molecule has 0 bridgehead atoms. The number of piperidine rings is 1. The van der Waals surface area contributed by atoms with E-state index in [9.17, 15) is 0 Å². The van der Waals surface area contributed by atoms with Crippen LogP contribution in [0.1, 0.15) is 51.9 Å². The Morgan fingerprint density at radius 3 is 2.25 bits per heavy atom. The molecular formula is C13H24N2S. The van der Waals surface area contributed by atoms with E-state index in [2.05, 4.69) is 11.8 Å². The Kier molecular flexibility index (Phi) is 3.85. The van der Waals surface area contributed by atoms with Crippen LogP contribution in [0.2, 0.25) is 0 Å². The summed E-state index contributed by atoms with van der Waals surface area (Å²) in [6.07, 6.45) is 9.62. The third-order valence-electron chi connectivity index (χ3n) is 4.68. The van der Waals surface area contributed by atoms with Crippen LogP contribution < -0.4 is 5.73 Å². The Bertz CT molecular complexity index is 249. The monoisotopic (exact) mass is 240 g/mol. The van der Waals surface area contributed by atoms with Gasteiger partial charge < -0.3 is 5.73 Å². The van der Waals surface area contributed by atoms with E-state index in [-0.39, 0.29) is 0 Å². The molecule has 2 fully saturated rings. The fourth-order valence-electron chi connectivity index (χ4n) is 3.57. The van der Waals surface area contributed by atoms with Crippen LogP contribution in [0.15, 0.2) is 0 Å². The zero-order valence-corrected chi connectivity index (χ0v) is 11.2. The number of thiocarbonyl (C=S) groups is 1. The molecule has 16 heavy (non-hydrogen) atoms. The molecule has 1 aliphatic carbocycles. The molecule has 2 nitrogen and oxygen atoms in total. The highest BCUT2D eigenvalue weighted by atomic mass is 32.1. The third-order valence-corrected chi connectivity index (χ3v) is 4.95. The van der Waals surface area contributed by atoms with Crippen molar-refractivity contribution in [1.82, 2.24) is 4.90 Å². The molecule has 92 valence electrons. The maximum atomic E-state index is 5.81. The second kappa shape index (κ2) is 5.01. The first-order valence-electron chi connectivity index (χ1n) is 6.70. The second-order valence-corrected chi connectivity index (χ2v) is 6.04. The Labute approximate surface area is 105 Å². The van der Waals surface area contributed by atoms with Crippen LogP contribution in [0.25, 0.3) is 0 Å². The third kappa shape index (κ3) is 2.40. The van der Waals surface area contributed by atoms with Gasteiger partial charge in [0.15, 0.2) is 0 Å². The van der Waals surface area contributed by atoms with Crippen molar-refractivity contribution in [2.45, 2.75) is 57.9 Å². The molecule has 1 heterocycles. The molecule has 1 saturated heterocycles. The fourth-order valence-corrected chi connectivity index (χ4v) is 3.89. The van der Waals surface area contributed by atoms with Crippen molar-refractivity contribution >= 4 is 17.2 Å². The van der Waals surface area contributed by atoms with Gasteiger partial charge in [-0.05, 0) is 50.6 Å². The maximum Gasteiger partial charge on any atom is 0.0901 e. The van der Waals surface area contributed by atoms with Crippen LogP contribution in [-0.4, -0.2) is 29.0 Å². The molecule has 1 atom stereocenters. The van der Waals surface area contributed by atoms with Gasteiger partial charge in [0.1, 0.15) is 0 Å². The summed E-state index contributed by atoms with van der Waals surface area (Å²) in [5.74, 6) is 0. The number of hydrogen-bond donors (Lipinski definition) is 1. The minimum atomic E-state index is 0.341. The predicted octanol–water partition coefficient (Wildman–Crippen LogP) is 2.71. The highest BCUT2D eigenvalue weighted by molar-refractivity contribution is 7.80. The fraction of sp³-hybridized carbons (Fsp3) is 0.923. The SMILES string of the molecule is CCC(C(N)=S)N1CCC2(CCCC2)CC1. The summed E-state index contributed by atoms with van der Waals surface area (Å²) in [6, 6.07) is 0.341. The van der Waals surface area contributed by atoms with Gasteiger partial charge in [0.2, 0.25) is 0 Å². The van der Waals surface area contributed by atoms with Crippen molar-refractivity contribution in [1.29, 1.82) is 0 Å². The molecule has 1 aliphatic heterocycles. The number of rotatable bonds is 3. The van der Waals surface area contributed by atoms with Crippen molar-refractivity contribution in [3.05, 3.63) is 0 Å². The van der Waals surface area contributed by atoms with Gasteiger partial charge in [0, 0.05) is 0 Å². The first-order valence-corrected chi connectivity index (χ1v) is 7.11. The Morgan fingerprint density at radius 2 is 1.81 bits per heavy atom. The molecule has 3 heteroatoms. The Morgan fingerprint density at radius 1 is 1.25 bits per heavy atom. The summed E-state index contributed by atoms with van der Waals surface area (Å²) in [5, 5.41) is 0. The molecule has 2 rings (SSSR count). The number of nitrogens with zero attached hydrogens (tertiary/aromatic N) is 1. The summed E-state index contributed by atoms with van der Waals surface area (Å²) in [7, 11) is 0. The first-order chi connectivity index (χ1) is 7.67. The highest BCUT2D eigenvalue weighted by Crippen LogP contribution is 2.46. The van der Waals surface area contributed by atoms with E-state index in [1.165, 1.54) is 51.6 Å². The Hall–Kier alpha value is -0.150. The van der Waals surface area contributed by atoms with Crippen LogP contribution in [0.4, 0.5) is 0 Å². The lowest BCUT2D eigenvalue weighted by Crippen LogP contribution is -2.49. The summed E-state index contributed by atoms with van der Waals surface area (Å²) in [6.45, 7) is 4.59. The molecule has 0 aromatic carbocycles. The minimum Gasteiger partial charge on any atom is -0.392 e. The molecule has 0 radical (unpaired) electrons. The summed E-state index contributed by atoms with van der Waals surface area (Å²) < 4.78 is 0. The van der Waals surface area contributed by atoms with Crippen molar-refractivity contribution in [3.8, 4) is 0 Å². The van der Waals surface area contributed by atoms with Gasteiger partial charge in [0.25, 0.3) is 0 Å². The van der Waals surface area contributed by atoms with Crippen LogP contribution >= 0.6 is 12.2 Å².